The predicted molar refractivity (Wildman–Crippen MR) is 111 cm³/mol. The van der Waals surface area contributed by atoms with Crippen LogP contribution in [0.3, 0.4) is 0 Å². The fourth-order valence-corrected chi connectivity index (χ4v) is 3.33. The zero-order valence-electron chi connectivity index (χ0n) is 16.8. The second-order valence-corrected chi connectivity index (χ2v) is 7.34. The van der Waals surface area contributed by atoms with E-state index in [0.29, 0.717) is 23.7 Å². The molecule has 0 spiro atoms. The van der Waals surface area contributed by atoms with E-state index in [0.717, 1.165) is 4.90 Å². The van der Waals surface area contributed by atoms with Crippen molar-refractivity contribution in [2.45, 2.75) is 26.3 Å². The average molecular weight is 395 g/mol. The number of hydrogen-bond acceptors (Lipinski definition) is 4. The van der Waals surface area contributed by atoms with Crippen molar-refractivity contribution in [1.29, 1.82) is 0 Å². The number of para-hydroxylation sites is 1. The number of urea groups is 1. The third kappa shape index (κ3) is 4.56. The van der Waals surface area contributed by atoms with E-state index in [2.05, 4.69) is 5.32 Å². The van der Waals surface area contributed by atoms with Crippen LogP contribution in [0.4, 0.5) is 16.2 Å². The van der Waals surface area contributed by atoms with Gasteiger partial charge >= 0.3 is 6.03 Å². The highest BCUT2D eigenvalue weighted by Crippen LogP contribution is 2.30. The van der Waals surface area contributed by atoms with Crippen molar-refractivity contribution in [3.8, 4) is 5.75 Å². The van der Waals surface area contributed by atoms with Crippen molar-refractivity contribution in [3.05, 3.63) is 54.6 Å². The molecule has 1 atom stereocenters. The number of carbonyl (C=O) groups is 3. The molecule has 0 radical (unpaired) electrons. The van der Waals surface area contributed by atoms with Crippen molar-refractivity contribution in [2.75, 3.05) is 23.9 Å². The lowest BCUT2D eigenvalue weighted by Gasteiger charge is -2.23. The van der Waals surface area contributed by atoms with E-state index in [1.54, 1.807) is 36.4 Å². The number of nitrogens with one attached hydrogen (secondary N) is 1. The Morgan fingerprint density at radius 3 is 2.48 bits per heavy atom. The third-order valence-corrected chi connectivity index (χ3v) is 4.63. The molecule has 7 nitrogen and oxygen atoms in total. The van der Waals surface area contributed by atoms with E-state index in [4.69, 9.17) is 4.74 Å². The minimum atomic E-state index is -0.847. The van der Waals surface area contributed by atoms with Crippen molar-refractivity contribution in [3.63, 3.8) is 0 Å². The summed E-state index contributed by atoms with van der Waals surface area (Å²) in [5, 5.41) is 2.78. The molecule has 1 aliphatic rings. The summed E-state index contributed by atoms with van der Waals surface area (Å²) in [5.74, 6) is -0.0313. The molecule has 2 aromatic rings. The van der Waals surface area contributed by atoms with Gasteiger partial charge in [-0.3, -0.25) is 9.59 Å². The van der Waals surface area contributed by atoms with Gasteiger partial charge in [-0.05, 0) is 30.2 Å². The molecule has 0 bridgehead atoms. The summed E-state index contributed by atoms with van der Waals surface area (Å²) in [6.45, 7) is 4.31. The maximum atomic E-state index is 13.1. The Balaban J connectivity index is 1.84. The average Bonchev–Trinajstić information content (AvgIpc) is 2.92. The first kappa shape index (κ1) is 20.4. The standard InChI is InChI=1S/C22H25N3O4/c1-15(2)14-24-19(13-20(26)23-16-8-5-4-6-9-16)21(27)25(22(24)28)17-10-7-11-18(12-17)29-3/h4-12,15,19H,13-14H2,1-3H3,(H,23,26). The molecule has 1 heterocycles. The summed E-state index contributed by atoms with van der Waals surface area (Å²) in [4.78, 5) is 41.4. The number of imide groups is 1. The molecule has 1 fully saturated rings. The minimum Gasteiger partial charge on any atom is -0.497 e. The fourth-order valence-electron chi connectivity index (χ4n) is 3.33. The lowest BCUT2D eigenvalue weighted by Crippen LogP contribution is -2.40. The van der Waals surface area contributed by atoms with Gasteiger partial charge in [-0.2, -0.15) is 0 Å². The molecule has 1 N–H and O–H groups in total. The second kappa shape index (κ2) is 8.77. The summed E-state index contributed by atoms with van der Waals surface area (Å²) in [6, 6.07) is 14.5. The molecule has 0 saturated carbocycles. The molecule has 1 unspecified atom stereocenters. The number of hydrogen-bond donors (Lipinski definition) is 1. The van der Waals surface area contributed by atoms with Gasteiger partial charge in [-0.1, -0.05) is 38.1 Å². The van der Waals surface area contributed by atoms with Crippen LogP contribution < -0.4 is 15.0 Å². The first-order valence-corrected chi connectivity index (χ1v) is 9.54. The van der Waals surface area contributed by atoms with Crippen LogP contribution in [0.5, 0.6) is 5.75 Å². The number of carbonyl (C=O) groups excluding carboxylic acids is 3. The molecular formula is C22H25N3O4. The highest BCUT2D eigenvalue weighted by Gasteiger charge is 2.46. The Morgan fingerprint density at radius 1 is 1.10 bits per heavy atom. The molecule has 152 valence electrons. The van der Waals surface area contributed by atoms with Gasteiger partial charge in [0.05, 0.1) is 19.2 Å². The van der Waals surface area contributed by atoms with Crippen LogP contribution in [-0.2, 0) is 9.59 Å². The predicted octanol–water partition coefficient (Wildman–Crippen LogP) is 3.52. The molecule has 0 aliphatic carbocycles. The van der Waals surface area contributed by atoms with Crippen molar-refractivity contribution < 1.29 is 19.1 Å². The largest absolute Gasteiger partial charge is 0.497 e. The maximum Gasteiger partial charge on any atom is 0.332 e. The van der Waals surface area contributed by atoms with E-state index in [1.807, 2.05) is 32.0 Å². The monoisotopic (exact) mass is 395 g/mol. The van der Waals surface area contributed by atoms with Crippen molar-refractivity contribution >= 4 is 29.2 Å². The number of nitrogens with zero attached hydrogens (tertiary/aromatic N) is 2. The van der Waals surface area contributed by atoms with Gasteiger partial charge in [0, 0.05) is 18.3 Å². The molecule has 7 heteroatoms. The molecule has 1 saturated heterocycles. The number of ether oxygens (including phenoxy) is 1. The van der Waals surface area contributed by atoms with Gasteiger partial charge in [-0.25, -0.2) is 9.69 Å². The Bertz CT molecular complexity index is 898. The van der Waals surface area contributed by atoms with Gasteiger partial charge in [0.2, 0.25) is 5.91 Å². The van der Waals surface area contributed by atoms with Gasteiger partial charge < -0.3 is 15.0 Å². The lowest BCUT2D eigenvalue weighted by molar-refractivity contribution is -0.124. The zero-order chi connectivity index (χ0) is 21.0. The number of methoxy groups -OCH3 is 1. The first-order valence-electron chi connectivity index (χ1n) is 9.54. The fraction of sp³-hybridized carbons (Fsp3) is 0.318. The van der Waals surface area contributed by atoms with E-state index in [1.165, 1.54) is 12.0 Å². The van der Waals surface area contributed by atoms with Gasteiger partial charge in [0.25, 0.3) is 5.91 Å². The molecule has 0 aromatic heterocycles. The Kier molecular flexibility index (Phi) is 6.16. The van der Waals surface area contributed by atoms with Gasteiger partial charge in [0.1, 0.15) is 11.8 Å². The van der Waals surface area contributed by atoms with Crippen molar-refractivity contribution in [1.82, 2.24) is 4.90 Å². The van der Waals surface area contributed by atoms with E-state index >= 15 is 0 Å². The van der Waals surface area contributed by atoms with Crippen LogP contribution in [0, 0.1) is 5.92 Å². The van der Waals surface area contributed by atoms with E-state index in [9.17, 15) is 14.4 Å². The van der Waals surface area contributed by atoms with Crippen LogP contribution in [0.15, 0.2) is 54.6 Å². The van der Waals surface area contributed by atoms with Crippen molar-refractivity contribution in [2.24, 2.45) is 5.92 Å². The molecule has 4 amide bonds. The van der Waals surface area contributed by atoms with Crippen LogP contribution in [-0.4, -0.2) is 42.4 Å². The van der Waals surface area contributed by atoms with Gasteiger partial charge in [0.15, 0.2) is 0 Å². The van der Waals surface area contributed by atoms with Gasteiger partial charge in [-0.15, -0.1) is 0 Å². The smallest absolute Gasteiger partial charge is 0.332 e. The first-order chi connectivity index (χ1) is 13.9. The molecule has 29 heavy (non-hydrogen) atoms. The highest BCUT2D eigenvalue weighted by atomic mass is 16.5. The Morgan fingerprint density at radius 2 is 1.83 bits per heavy atom. The zero-order valence-corrected chi connectivity index (χ0v) is 16.8. The summed E-state index contributed by atoms with van der Waals surface area (Å²) in [5.41, 5.74) is 1.08. The number of benzene rings is 2. The topological polar surface area (TPSA) is 79.0 Å². The summed E-state index contributed by atoms with van der Waals surface area (Å²) >= 11 is 0. The molecular weight excluding hydrogens is 370 g/mol. The van der Waals surface area contributed by atoms with E-state index < -0.39 is 18.0 Å². The minimum absolute atomic E-state index is 0.105. The SMILES string of the molecule is COc1cccc(N2C(=O)C(CC(=O)Nc3ccccc3)N(CC(C)C)C2=O)c1. The summed E-state index contributed by atoms with van der Waals surface area (Å²) < 4.78 is 5.21. The summed E-state index contributed by atoms with van der Waals surface area (Å²) in [7, 11) is 1.52. The number of rotatable bonds is 7. The van der Waals surface area contributed by atoms with Crippen LogP contribution >= 0.6 is 0 Å². The van der Waals surface area contributed by atoms with Crippen LogP contribution in [0.1, 0.15) is 20.3 Å². The lowest BCUT2D eigenvalue weighted by atomic mass is 10.1. The number of anilines is 2. The van der Waals surface area contributed by atoms with E-state index in [-0.39, 0.29) is 18.2 Å². The van der Waals surface area contributed by atoms with Crippen LogP contribution in [0.25, 0.3) is 0 Å². The summed E-state index contributed by atoms with van der Waals surface area (Å²) in [6.07, 6.45) is -0.105. The third-order valence-electron chi connectivity index (χ3n) is 4.63. The second-order valence-electron chi connectivity index (χ2n) is 7.34. The molecule has 3 rings (SSSR count). The maximum absolute atomic E-state index is 13.1. The normalized spacial score (nSPS) is 16.5. The quantitative estimate of drug-likeness (QED) is 0.728. The molecule has 2 aromatic carbocycles. The number of amides is 4. The Hall–Kier alpha value is -3.35. The van der Waals surface area contributed by atoms with Crippen LogP contribution in [0.2, 0.25) is 0 Å². The Labute approximate surface area is 170 Å². The molecule has 1 aliphatic heterocycles. The highest BCUT2D eigenvalue weighted by molar-refractivity contribution is 6.22.